The van der Waals surface area contributed by atoms with Gasteiger partial charge in [-0.3, -0.25) is 0 Å². The fraction of sp³-hybridized carbons (Fsp3) is 0. The number of hydrogen-bond acceptors (Lipinski definition) is 0. The van der Waals surface area contributed by atoms with Crippen LogP contribution in [0.15, 0.2) is 0 Å². The van der Waals surface area contributed by atoms with Crippen LogP contribution in [0.2, 0.25) is 0 Å². The third-order valence-corrected chi connectivity index (χ3v) is 0. The Morgan fingerprint density at radius 2 is 0.0204 bits per heavy atom. The predicted molar refractivity (Wildman–Crippen MR) is 20.2 cm³/mol. The minimum atomic E-state index is 0. The van der Waals surface area contributed by atoms with Crippen molar-refractivity contribution in [2.75, 3.05) is 0 Å². The average molecular weight is 5140 g/mol. The molecule has 92 radical (unpaired) electrons. The molecule has 0 aliphatic rings. The SMILES string of the molecule is [Mn+2].[Mn+2].[Mn+2].[Mn+2].[Mn+2].[Mn+2].[Mn+2].[Mn+2].[Mn+2].[Mn+2].[Mn+2].[Mn+2].[Mn+2].[Mn+2].[Mn+2].[Mn+2].[Mn+2].[Mn+2].[Mn+2].[Mn+2].[Mn+2].[Mn+2].[Mn+2].[Mn+2].[Mn+2].[Mn+2].[Mn+2].[Mn+2].[Mn+2].[Mn+2].[Mn+2].[Mn+2].[Mn+2].[Mn+2].[Mn+2].[Mn+2].[Mn+2].[Mn+2].[Mn+2].[Mn+2].[Mn+2].[Mn+2].[Mn+2].[Mn+2].[Mn+2].[Mn+2].[Mn+2].[Mn+2].[Mn+2].[Mn+2].[Mn+2].[Mn+2].[Mn+2].[Mn+2].[Mn+2].[Mn+2].[Mn+2].[Mn+2].[Mn+2].[Mn+2].[Mn+2].[Mn+2].[Mn+2].[Mn+2].[Mn+2].[Mn+2].[Mn+2].[Mn+2].[Mn+2].[Mn+2].[Mn+2].[Mn+2].[Mn+2].[Mn+2].[Mn+2].[Mn+2].[Mn+2].[Mn+2].[Mn+2].[Mn+2].[Mn+2].[Mn+2].[Mn+2].[Mn+2].[Mn+2].[Mn+2].[Mn+2].[Mn+2].[Mn+2].[Mn+2].[Mn+2].[Mn+2].[N-3].[N-3].[N-3].[N-3].[N-3].[N-3]. The molecule has 0 aromatic rings. The van der Waals surface area contributed by atoms with Crippen molar-refractivity contribution in [2.24, 2.45) is 0 Å². The molecule has 0 N–H and O–H groups in total. The Morgan fingerprint density at radius 1 is 0.0204 bits per heavy atom. The second-order valence-corrected chi connectivity index (χ2v) is 0. The van der Waals surface area contributed by atoms with Gasteiger partial charge in [-0.2, -0.15) is 0 Å². The van der Waals surface area contributed by atoms with E-state index in [-0.39, 0.29) is 1610 Å². The molecule has 0 aliphatic carbocycles. The maximum absolute atomic E-state index is 0. The van der Waals surface area contributed by atoms with Crippen LogP contribution >= 0.6 is 0 Å². The molecule has 508 valence electrons. The van der Waals surface area contributed by atoms with E-state index in [0.29, 0.717) is 0 Å². The predicted octanol–water partition coefficient (Wildman–Crippen LogP) is 1.50. The Labute approximate surface area is 1560 Å². The van der Waals surface area contributed by atoms with E-state index in [1.807, 2.05) is 0 Å². The zero-order valence-electron chi connectivity index (χ0n) is 37.5. The molecular formula is Mn92N6+166. The van der Waals surface area contributed by atoms with E-state index in [9.17, 15) is 0 Å². The van der Waals surface area contributed by atoms with E-state index in [0.717, 1.165) is 0 Å². The van der Waals surface area contributed by atoms with E-state index in [1.165, 1.54) is 0 Å². The second-order valence-electron chi connectivity index (χ2n) is 0. The molecule has 0 heterocycles. The van der Waals surface area contributed by atoms with Crippen LogP contribution in [0.5, 0.6) is 0 Å². The molecule has 0 spiro atoms. The van der Waals surface area contributed by atoms with Crippen molar-refractivity contribution in [1.82, 2.24) is 0 Å². The molecular weight excluding hydrogens is 5140 g/mol. The third kappa shape index (κ3) is 1290. The first-order chi connectivity index (χ1) is 0. The summed E-state index contributed by atoms with van der Waals surface area (Å²) in [5.74, 6) is 0. The Hall–Kier alpha value is 47.6. The van der Waals surface area contributed by atoms with E-state index < -0.39 is 0 Å². The first-order valence-electron chi connectivity index (χ1n) is 0. The molecule has 0 amide bonds. The Balaban J connectivity index is 0. The van der Waals surface area contributed by atoms with Crippen molar-refractivity contribution in [2.45, 2.75) is 0 Å². The molecule has 98 heavy (non-hydrogen) atoms. The van der Waals surface area contributed by atoms with Gasteiger partial charge in [-0.25, -0.2) is 0 Å². The van der Waals surface area contributed by atoms with Crippen LogP contribution < -0.4 is 0 Å². The van der Waals surface area contributed by atoms with Crippen molar-refractivity contribution in [3.8, 4) is 0 Å². The second kappa shape index (κ2) is 1320. The maximum atomic E-state index is 0. The van der Waals surface area contributed by atoms with Crippen LogP contribution in [-0.4, -0.2) is 0 Å². The molecule has 0 aromatic carbocycles. The van der Waals surface area contributed by atoms with Gasteiger partial charge < -0.3 is 36.9 Å². The summed E-state index contributed by atoms with van der Waals surface area (Å²) in [6, 6.07) is 0. The Morgan fingerprint density at radius 3 is 0.0204 bits per heavy atom. The van der Waals surface area contributed by atoms with Crippen molar-refractivity contribution in [1.29, 1.82) is 0 Å². The Kier molecular flexibility index (Phi) is 18100. The van der Waals surface area contributed by atoms with Crippen molar-refractivity contribution in [3.05, 3.63) is 36.9 Å². The number of nitrogens with zero attached hydrogens (tertiary/aromatic N) is 6. The molecule has 0 saturated carbocycles. The molecule has 6 nitrogen and oxygen atoms in total. The quantitative estimate of drug-likeness (QED) is 0.320. The first kappa shape index (κ1) is 1350. The largest absolute Gasteiger partial charge is 3.00 e. The van der Waals surface area contributed by atoms with Gasteiger partial charge in [0, 0.05) is 0 Å². The minimum Gasteiger partial charge on any atom is -3.00 e. The molecule has 0 unspecified atom stereocenters. The van der Waals surface area contributed by atoms with Gasteiger partial charge in [0.25, 0.3) is 0 Å². The van der Waals surface area contributed by atoms with Crippen LogP contribution in [0, 0.1) is 0 Å². The molecule has 98 heteroatoms. The normalized spacial score (nSPS) is 0. The first-order valence-corrected chi connectivity index (χ1v) is 0. The van der Waals surface area contributed by atoms with Gasteiger partial charge in [0.2, 0.25) is 0 Å². The van der Waals surface area contributed by atoms with Crippen molar-refractivity contribution in [3.63, 3.8) is 0 Å². The summed E-state index contributed by atoms with van der Waals surface area (Å²) in [7, 11) is 0. The van der Waals surface area contributed by atoms with Crippen LogP contribution in [0.3, 0.4) is 0 Å². The molecule has 0 aliphatic heterocycles. The average Bonchev–Trinajstić information content (AvgIpc) is 0. The van der Waals surface area contributed by atoms with Crippen molar-refractivity contribution >= 4 is 0 Å². The molecule has 0 saturated heterocycles. The summed E-state index contributed by atoms with van der Waals surface area (Å²) < 4.78 is 0. The van der Waals surface area contributed by atoms with Gasteiger partial charge in [0.15, 0.2) is 0 Å². The van der Waals surface area contributed by atoms with Crippen LogP contribution in [-0.2, 0) is 1570 Å². The fourth-order valence-electron chi connectivity index (χ4n) is 0. The molecule has 0 atom stereocenters. The zero-order valence-corrected chi connectivity index (χ0v) is 146. The monoisotopic (exact) mass is 5140 g/mol. The third-order valence-electron chi connectivity index (χ3n) is 0. The Bertz CT molecular complexity index is 32.6. The molecule has 0 rings (SSSR count). The van der Waals surface area contributed by atoms with Gasteiger partial charge in [-0.15, -0.1) is 0 Å². The van der Waals surface area contributed by atoms with Gasteiger partial charge in [-0.05, 0) is 0 Å². The van der Waals surface area contributed by atoms with Crippen LogP contribution in [0.25, 0.3) is 36.9 Å². The van der Waals surface area contributed by atoms with E-state index in [4.69, 9.17) is 0 Å². The van der Waals surface area contributed by atoms with Gasteiger partial charge in [0.05, 0.1) is 0 Å². The van der Waals surface area contributed by atoms with Gasteiger partial charge in [-0.1, -0.05) is 0 Å². The smallest absolute Gasteiger partial charge is 2.00 e. The standard InChI is InChI=1S/92Mn.6N/q92*+2;6*-3. The van der Waals surface area contributed by atoms with Gasteiger partial charge >= 0.3 is 1570 Å². The van der Waals surface area contributed by atoms with Crippen LogP contribution in [0.4, 0.5) is 0 Å². The summed E-state index contributed by atoms with van der Waals surface area (Å²) in [6.07, 6.45) is 0. The van der Waals surface area contributed by atoms with E-state index >= 15 is 0 Å². The van der Waals surface area contributed by atoms with E-state index in [1.54, 1.807) is 0 Å². The molecule has 0 bridgehead atoms. The topological polar surface area (TPSA) is 183 Å². The van der Waals surface area contributed by atoms with Crippen molar-refractivity contribution < 1.29 is 1570 Å². The summed E-state index contributed by atoms with van der Waals surface area (Å²) in [4.78, 5) is 0. The summed E-state index contributed by atoms with van der Waals surface area (Å²) >= 11 is 0. The fourth-order valence-corrected chi connectivity index (χ4v) is 0. The van der Waals surface area contributed by atoms with E-state index in [2.05, 4.69) is 0 Å². The number of rotatable bonds is 0. The number of hydrogen-bond donors (Lipinski definition) is 0. The molecule has 0 fully saturated rings. The summed E-state index contributed by atoms with van der Waals surface area (Å²) in [5, 5.41) is 0. The summed E-state index contributed by atoms with van der Waals surface area (Å²) in [6.45, 7) is 0. The van der Waals surface area contributed by atoms with Crippen LogP contribution in [0.1, 0.15) is 0 Å². The maximum Gasteiger partial charge on any atom is 2.00 e. The zero-order chi connectivity index (χ0) is 0. The minimum absolute atomic E-state index is 0. The molecule has 0 aromatic heterocycles. The summed E-state index contributed by atoms with van der Waals surface area (Å²) in [5.41, 5.74) is 0. The van der Waals surface area contributed by atoms with Gasteiger partial charge in [0.1, 0.15) is 0 Å².